The number of nitrogens with one attached hydrogen (secondary N) is 1. The first-order valence-corrected chi connectivity index (χ1v) is 9.22. The average molecular weight is 361 g/mol. The highest BCUT2D eigenvalue weighted by molar-refractivity contribution is 7.89. The topological polar surface area (TPSA) is 124 Å². The Balaban J connectivity index is 1.50. The maximum atomic E-state index is 12.2. The molecular weight excluding hydrogens is 346 g/mol. The zero-order valence-corrected chi connectivity index (χ0v) is 14.2. The van der Waals surface area contributed by atoms with Crippen molar-refractivity contribution >= 4 is 10.0 Å². The van der Waals surface area contributed by atoms with Crippen LogP contribution in [-0.2, 0) is 16.4 Å². The molecule has 25 heavy (non-hydrogen) atoms. The predicted molar refractivity (Wildman–Crippen MR) is 84.9 cm³/mol. The fraction of sp³-hybridized carbons (Fsp3) is 0.333. The van der Waals surface area contributed by atoms with Crippen molar-refractivity contribution in [2.75, 3.05) is 0 Å². The Bertz CT molecular complexity index is 989. The summed E-state index contributed by atoms with van der Waals surface area (Å²) in [5, 5.41) is 7.66. The number of sulfonamides is 1. The molecule has 1 saturated carbocycles. The van der Waals surface area contributed by atoms with E-state index in [2.05, 4.69) is 25.0 Å². The van der Waals surface area contributed by atoms with Crippen molar-refractivity contribution in [2.24, 2.45) is 0 Å². The Morgan fingerprint density at radius 2 is 1.76 bits per heavy atom. The van der Waals surface area contributed by atoms with Gasteiger partial charge in [-0.3, -0.25) is 0 Å². The quantitative estimate of drug-likeness (QED) is 0.700. The molecule has 1 N–H and O–H groups in total. The van der Waals surface area contributed by atoms with Crippen LogP contribution in [0, 0.1) is 6.92 Å². The summed E-state index contributed by atoms with van der Waals surface area (Å²) in [7, 11) is -3.47. The Kier molecular flexibility index (Phi) is 3.85. The van der Waals surface area contributed by atoms with Crippen LogP contribution in [0.5, 0.6) is 0 Å². The van der Waals surface area contributed by atoms with E-state index in [0.29, 0.717) is 35.4 Å². The van der Waals surface area contributed by atoms with E-state index in [9.17, 15) is 8.42 Å². The number of hydrogen-bond acceptors (Lipinski definition) is 8. The van der Waals surface area contributed by atoms with Crippen LogP contribution in [0.3, 0.4) is 0 Å². The molecular formula is C15H15N5O4S. The molecule has 1 aromatic carbocycles. The maximum Gasteiger partial charge on any atom is 0.257 e. The zero-order valence-electron chi connectivity index (χ0n) is 13.3. The Morgan fingerprint density at radius 1 is 1.08 bits per heavy atom. The van der Waals surface area contributed by atoms with Crippen LogP contribution in [0.25, 0.3) is 11.5 Å². The summed E-state index contributed by atoms with van der Waals surface area (Å²) in [6, 6.07) is 6.38. The first-order chi connectivity index (χ1) is 12.0. The van der Waals surface area contributed by atoms with Crippen LogP contribution in [0.2, 0.25) is 0 Å². The highest BCUT2D eigenvalue weighted by Crippen LogP contribution is 2.24. The van der Waals surface area contributed by atoms with Crippen LogP contribution >= 0.6 is 0 Å². The van der Waals surface area contributed by atoms with Gasteiger partial charge in [-0.1, -0.05) is 10.3 Å². The third kappa shape index (κ3) is 3.59. The fourth-order valence-corrected chi connectivity index (χ4v) is 3.57. The van der Waals surface area contributed by atoms with Crippen LogP contribution in [-0.4, -0.2) is 34.7 Å². The first kappa shape index (κ1) is 15.9. The van der Waals surface area contributed by atoms with Gasteiger partial charge in [-0.2, -0.15) is 9.97 Å². The van der Waals surface area contributed by atoms with Crippen molar-refractivity contribution in [3.63, 3.8) is 0 Å². The summed E-state index contributed by atoms with van der Waals surface area (Å²) < 4.78 is 37.1. The Morgan fingerprint density at radius 3 is 2.40 bits per heavy atom. The minimum absolute atomic E-state index is 0.0666. The van der Waals surface area contributed by atoms with Gasteiger partial charge in [-0.05, 0) is 37.1 Å². The van der Waals surface area contributed by atoms with E-state index in [0.717, 1.165) is 12.8 Å². The fourth-order valence-electron chi connectivity index (χ4n) is 2.26. The van der Waals surface area contributed by atoms with E-state index in [4.69, 9.17) is 9.05 Å². The normalized spacial score (nSPS) is 14.8. The first-order valence-electron chi connectivity index (χ1n) is 7.74. The van der Waals surface area contributed by atoms with E-state index >= 15 is 0 Å². The number of benzene rings is 1. The van der Waals surface area contributed by atoms with Crippen molar-refractivity contribution in [1.82, 2.24) is 25.0 Å². The average Bonchev–Trinajstić information content (AvgIpc) is 3.10. The summed E-state index contributed by atoms with van der Waals surface area (Å²) in [5.74, 6) is 1.66. The third-order valence-electron chi connectivity index (χ3n) is 3.66. The molecule has 0 unspecified atom stereocenters. The highest BCUT2D eigenvalue weighted by Gasteiger charge is 2.28. The molecule has 0 aliphatic heterocycles. The second-order valence-electron chi connectivity index (χ2n) is 5.84. The monoisotopic (exact) mass is 361 g/mol. The van der Waals surface area contributed by atoms with Crippen LogP contribution in [0.15, 0.2) is 38.2 Å². The van der Waals surface area contributed by atoms with Crippen molar-refractivity contribution in [3.8, 4) is 11.5 Å². The second kappa shape index (κ2) is 6.05. The van der Waals surface area contributed by atoms with Crippen molar-refractivity contribution in [2.45, 2.75) is 37.1 Å². The van der Waals surface area contributed by atoms with E-state index in [1.165, 1.54) is 12.1 Å². The number of rotatable bonds is 6. The molecule has 0 bridgehead atoms. The summed E-state index contributed by atoms with van der Waals surface area (Å²) >= 11 is 0. The van der Waals surface area contributed by atoms with Gasteiger partial charge in [0, 0.05) is 18.5 Å². The van der Waals surface area contributed by atoms with Crippen molar-refractivity contribution in [1.29, 1.82) is 0 Å². The summed E-state index contributed by atoms with van der Waals surface area (Å²) in [4.78, 5) is 8.57. The lowest BCUT2D eigenvalue weighted by Gasteiger charge is -2.05. The molecule has 3 aromatic rings. The van der Waals surface area contributed by atoms with Crippen LogP contribution in [0.4, 0.5) is 0 Å². The SMILES string of the molecule is Cc1nc(Cc2noc(-c3ccc(S(=O)(=O)NC4CC4)cc3)n2)no1. The van der Waals surface area contributed by atoms with Gasteiger partial charge in [0.15, 0.2) is 11.6 Å². The van der Waals surface area contributed by atoms with Gasteiger partial charge in [0.05, 0.1) is 11.3 Å². The molecule has 1 aliphatic carbocycles. The zero-order chi connectivity index (χ0) is 17.4. The van der Waals surface area contributed by atoms with Gasteiger partial charge in [-0.15, -0.1) is 0 Å². The summed E-state index contributed by atoms with van der Waals surface area (Å²) in [6.07, 6.45) is 2.07. The molecule has 2 heterocycles. The number of aromatic nitrogens is 4. The summed E-state index contributed by atoms with van der Waals surface area (Å²) in [5.41, 5.74) is 0.633. The largest absolute Gasteiger partial charge is 0.340 e. The van der Waals surface area contributed by atoms with Crippen LogP contribution < -0.4 is 4.72 Å². The van der Waals surface area contributed by atoms with E-state index < -0.39 is 10.0 Å². The molecule has 9 nitrogen and oxygen atoms in total. The maximum absolute atomic E-state index is 12.2. The van der Waals surface area contributed by atoms with Gasteiger partial charge in [-0.25, -0.2) is 13.1 Å². The number of nitrogens with zero attached hydrogens (tertiary/aromatic N) is 4. The highest BCUT2D eigenvalue weighted by atomic mass is 32.2. The smallest absolute Gasteiger partial charge is 0.257 e. The van der Waals surface area contributed by atoms with Gasteiger partial charge < -0.3 is 9.05 Å². The lowest BCUT2D eigenvalue weighted by molar-refractivity contribution is 0.387. The molecule has 2 aromatic heterocycles. The molecule has 10 heteroatoms. The number of hydrogen-bond donors (Lipinski definition) is 1. The predicted octanol–water partition coefficient (Wildman–Crippen LogP) is 1.46. The third-order valence-corrected chi connectivity index (χ3v) is 5.20. The van der Waals surface area contributed by atoms with Crippen molar-refractivity contribution in [3.05, 3.63) is 41.8 Å². The van der Waals surface area contributed by atoms with Gasteiger partial charge in [0.1, 0.15) is 0 Å². The molecule has 0 spiro atoms. The molecule has 0 atom stereocenters. The standard InChI is InChI=1S/C15H15N5O4S/c1-9-16-13(18-23-9)8-14-17-15(24-19-14)10-2-6-12(7-3-10)25(21,22)20-11-4-5-11/h2-3,6-7,11,20H,4-5,8H2,1H3. The minimum Gasteiger partial charge on any atom is -0.340 e. The van der Waals surface area contributed by atoms with E-state index in [1.807, 2.05) is 0 Å². The molecule has 1 aliphatic rings. The van der Waals surface area contributed by atoms with Gasteiger partial charge in [0.25, 0.3) is 5.89 Å². The molecule has 130 valence electrons. The van der Waals surface area contributed by atoms with Crippen LogP contribution in [0.1, 0.15) is 30.4 Å². The lowest BCUT2D eigenvalue weighted by Crippen LogP contribution is -2.25. The lowest BCUT2D eigenvalue weighted by atomic mass is 10.2. The molecule has 1 fully saturated rings. The molecule has 4 rings (SSSR count). The van der Waals surface area contributed by atoms with Crippen molar-refractivity contribution < 1.29 is 17.5 Å². The second-order valence-corrected chi connectivity index (χ2v) is 7.56. The van der Waals surface area contributed by atoms with Gasteiger partial charge in [0.2, 0.25) is 15.9 Å². The minimum atomic E-state index is -3.47. The Hall–Kier alpha value is -2.59. The Labute approximate surface area is 143 Å². The van der Waals surface area contributed by atoms with E-state index in [-0.39, 0.29) is 10.9 Å². The molecule has 0 radical (unpaired) electrons. The summed E-state index contributed by atoms with van der Waals surface area (Å²) in [6.45, 7) is 1.70. The van der Waals surface area contributed by atoms with E-state index in [1.54, 1.807) is 19.1 Å². The number of aryl methyl sites for hydroxylation is 1. The van der Waals surface area contributed by atoms with Gasteiger partial charge >= 0.3 is 0 Å². The molecule has 0 amide bonds. The molecule has 0 saturated heterocycles.